The number of hydrogen-bond acceptors (Lipinski definition) is 6. The second kappa shape index (κ2) is 5.13. The highest BCUT2D eigenvalue weighted by molar-refractivity contribution is 7.90. The van der Waals surface area contributed by atoms with Crippen molar-refractivity contribution >= 4 is 21.5 Å². The molecule has 1 atom stereocenters. The number of nitrogens with one attached hydrogen (secondary N) is 1. The molecule has 5 rings (SSSR count). The molecule has 4 heterocycles. The van der Waals surface area contributed by atoms with Gasteiger partial charge >= 0.3 is 0 Å². The fourth-order valence-corrected chi connectivity index (χ4v) is 5.80. The Labute approximate surface area is 140 Å². The summed E-state index contributed by atoms with van der Waals surface area (Å²) >= 11 is 0. The van der Waals surface area contributed by atoms with E-state index in [9.17, 15) is 8.42 Å². The van der Waals surface area contributed by atoms with E-state index in [1.165, 1.54) is 0 Å². The van der Waals surface area contributed by atoms with E-state index in [-0.39, 0.29) is 11.2 Å². The zero-order valence-corrected chi connectivity index (χ0v) is 14.2. The fraction of sp³-hybridized carbons (Fsp3) is 0.667. The predicted octanol–water partition coefficient (Wildman–Crippen LogP) is 0.764. The van der Waals surface area contributed by atoms with Gasteiger partial charge in [-0.2, -0.15) is 0 Å². The van der Waals surface area contributed by atoms with E-state index >= 15 is 0 Å². The van der Waals surface area contributed by atoms with Crippen LogP contribution in [0, 0.1) is 0 Å². The van der Waals surface area contributed by atoms with Crippen LogP contribution in [0.4, 0.5) is 5.82 Å². The molecule has 8 nitrogen and oxygen atoms in total. The van der Waals surface area contributed by atoms with E-state index in [2.05, 4.69) is 24.9 Å². The Morgan fingerprint density at radius 1 is 1.21 bits per heavy atom. The van der Waals surface area contributed by atoms with E-state index in [1.807, 2.05) is 0 Å². The topological polar surface area (TPSA) is 92.5 Å². The lowest BCUT2D eigenvalue weighted by atomic mass is 9.99. The number of aromatic nitrogens is 4. The van der Waals surface area contributed by atoms with Crippen molar-refractivity contribution < 1.29 is 8.42 Å². The number of nitrogens with zero attached hydrogens (tertiary/aromatic N) is 5. The molecule has 3 aliphatic rings. The molecule has 2 aliphatic heterocycles. The third kappa shape index (κ3) is 2.14. The molecule has 9 heteroatoms. The molecule has 24 heavy (non-hydrogen) atoms. The molecule has 0 unspecified atom stereocenters. The number of anilines is 1. The van der Waals surface area contributed by atoms with Crippen molar-refractivity contribution in [2.75, 3.05) is 25.0 Å². The number of piperidine rings is 1. The maximum absolute atomic E-state index is 12.6. The Hall–Kier alpha value is -1.74. The molecule has 2 aromatic heterocycles. The summed E-state index contributed by atoms with van der Waals surface area (Å²) in [6.07, 6.45) is 6.06. The Morgan fingerprint density at radius 3 is 2.92 bits per heavy atom. The molecule has 0 aromatic carbocycles. The van der Waals surface area contributed by atoms with Gasteiger partial charge in [0.15, 0.2) is 5.65 Å². The summed E-state index contributed by atoms with van der Waals surface area (Å²) in [7, 11) is -3.13. The SMILES string of the molecule is O=S(=O)(C1CC1)N1CCC[C@H](c2nnc3cnc4c(n23)CCN4)C1. The van der Waals surface area contributed by atoms with Crippen molar-refractivity contribution in [3.05, 3.63) is 17.7 Å². The third-order valence-electron chi connectivity index (χ3n) is 5.27. The van der Waals surface area contributed by atoms with Crippen LogP contribution in [0.25, 0.3) is 5.65 Å². The molecule has 2 aromatic rings. The van der Waals surface area contributed by atoms with Gasteiger partial charge in [0.05, 0.1) is 17.1 Å². The van der Waals surface area contributed by atoms with Crippen molar-refractivity contribution in [2.24, 2.45) is 0 Å². The highest BCUT2D eigenvalue weighted by Crippen LogP contribution is 2.35. The largest absolute Gasteiger partial charge is 0.368 e. The molecule has 0 radical (unpaired) electrons. The molecular weight excluding hydrogens is 328 g/mol. The molecule has 0 bridgehead atoms. The van der Waals surface area contributed by atoms with Gasteiger partial charge in [-0.15, -0.1) is 10.2 Å². The highest BCUT2D eigenvalue weighted by atomic mass is 32.2. The molecule has 128 valence electrons. The number of sulfonamides is 1. The summed E-state index contributed by atoms with van der Waals surface area (Å²) in [4.78, 5) is 4.39. The van der Waals surface area contributed by atoms with E-state index in [0.717, 1.165) is 61.6 Å². The lowest BCUT2D eigenvalue weighted by Crippen LogP contribution is -2.41. The molecule has 1 aliphatic carbocycles. The van der Waals surface area contributed by atoms with Crippen LogP contribution in [0.3, 0.4) is 0 Å². The lowest BCUT2D eigenvalue weighted by molar-refractivity contribution is 0.307. The maximum atomic E-state index is 12.6. The number of rotatable bonds is 3. The smallest absolute Gasteiger partial charge is 0.217 e. The minimum Gasteiger partial charge on any atom is -0.368 e. The quantitative estimate of drug-likeness (QED) is 0.880. The van der Waals surface area contributed by atoms with Gasteiger partial charge < -0.3 is 5.32 Å². The zero-order valence-electron chi connectivity index (χ0n) is 13.3. The number of fused-ring (bicyclic) bond motifs is 3. The van der Waals surface area contributed by atoms with E-state index < -0.39 is 10.0 Å². The van der Waals surface area contributed by atoms with E-state index in [0.29, 0.717) is 13.1 Å². The molecule has 0 amide bonds. The molecule has 1 saturated carbocycles. The summed E-state index contributed by atoms with van der Waals surface area (Å²) in [5, 5.41) is 11.8. The van der Waals surface area contributed by atoms with Crippen LogP contribution in [0.1, 0.15) is 43.1 Å². The second-order valence-corrected chi connectivity index (χ2v) is 9.14. The summed E-state index contributed by atoms with van der Waals surface area (Å²) in [5.74, 6) is 1.86. The van der Waals surface area contributed by atoms with E-state index in [1.54, 1.807) is 10.5 Å². The van der Waals surface area contributed by atoms with Crippen LogP contribution in [0.15, 0.2) is 6.20 Å². The van der Waals surface area contributed by atoms with Gasteiger partial charge in [0.1, 0.15) is 11.6 Å². The minimum atomic E-state index is -3.13. The average Bonchev–Trinajstić information content (AvgIpc) is 3.20. The predicted molar refractivity (Wildman–Crippen MR) is 88.5 cm³/mol. The van der Waals surface area contributed by atoms with E-state index in [4.69, 9.17) is 0 Å². The minimum absolute atomic E-state index is 0.0920. The van der Waals surface area contributed by atoms with Crippen LogP contribution in [0.2, 0.25) is 0 Å². The summed E-state index contributed by atoms with van der Waals surface area (Å²) in [5.41, 5.74) is 1.85. The zero-order chi connectivity index (χ0) is 16.3. The van der Waals surface area contributed by atoms with Gasteiger partial charge in [0.25, 0.3) is 0 Å². The van der Waals surface area contributed by atoms with Gasteiger partial charge in [0.2, 0.25) is 10.0 Å². The van der Waals surface area contributed by atoms with Crippen LogP contribution in [0.5, 0.6) is 0 Å². The van der Waals surface area contributed by atoms with Crippen LogP contribution in [-0.2, 0) is 16.4 Å². The first-order valence-electron chi connectivity index (χ1n) is 8.60. The monoisotopic (exact) mass is 348 g/mol. The van der Waals surface area contributed by atoms with Crippen molar-refractivity contribution in [3.63, 3.8) is 0 Å². The second-order valence-electron chi connectivity index (χ2n) is 6.92. The molecule has 1 N–H and O–H groups in total. The number of hydrogen-bond donors (Lipinski definition) is 1. The summed E-state index contributed by atoms with van der Waals surface area (Å²) in [6.45, 7) is 2.02. The van der Waals surface area contributed by atoms with Crippen LogP contribution >= 0.6 is 0 Å². The van der Waals surface area contributed by atoms with Crippen molar-refractivity contribution in [3.8, 4) is 0 Å². The van der Waals surface area contributed by atoms with Gasteiger partial charge in [0, 0.05) is 32.0 Å². The molecular formula is C15H20N6O2S. The van der Waals surface area contributed by atoms with Gasteiger partial charge in [-0.25, -0.2) is 17.7 Å². The first-order chi connectivity index (χ1) is 11.6. The fourth-order valence-electron chi connectivity index (χ4n) is 3.87. The van der Waals surface area contributed by atoms with Gasteiger partial charge in [-0.05, 0) is 25.7 Å². The normalized spacial score (nSPS) is 24.9. The molecule has 1 saturated heterocycles. The maximum Gasteiger partial charge on any atom is 0.217 e. The lowest BCUT2D eigenvalue weighted by Gasteiger charge is -2.31. The van der Waals surface area contributed by atoms with Crippen LogP contribution < -0.4 is 5.32 Å². The first kappa shape index (κ1) is 14.6. The highest BCUT2D eigenvalue weighted by Gasteiger charge is 2.42. The average molecular weight is 348 g/mol. The van der Waals surface area contributed by atoms with Crippen molar-refractivity contribution in [1.29, 1.82) is 0 Å². The molecule has 0 spiro atoms. The Morgan fingerprint density at radius 2 is 2.08 bits per heavy atom. The summed E-state index contributed by atoms with van der Waals surface area (Å²) < 4.78 is 28.9. The summed E-state index contributed by atoms with van der Waals surface area (Å²) in [6, 6.07) is 0. The van der Waals surface area contributed by atoms with Gasteiger partial charge in [-0.1, -0.05) is 0 Å². The Kier molecular flexibility index (Phi) is 3.12. The Balaban J connectivity index is 1.52. The molecule has 2 fully saturated rings. The third-order valence-corrected chi connectivity index (χ3v) is 7.64. The Bertz CT molecular complexity index is 904. The van der Waals surface area contributed by atoms with Crippen molar-refractivity contribution in [2.45, 2.75) is 43.3 Å². The van der Waals surface area contributed by atoms with Crippen molar-refractivity contribution in [1.82, 2.24) is 23.9 Å². The standard InChI is InChI=1S/C15H20N6O2S/c22-24(23,11-3-4-11)20-7-1-2-10(9-20)15-19-18-13-8-17-14-12(21(13)15)5-6-16-14/h8,10-11,16H,1-7,9H2/t10-/m0/s1. The van der Waals surface area contributed by atoms with Crippen LogP contribution in [-0.4, -0.2) is 57.2 Å². The first-order valence-corrected chi connectivity index (χ1v) is 10.1. The van der Waals surface area contributed by atoms with Gasteiger partial charge in [-0.3, -0.25) is 4.40 Å².